The minimum atomic E-state index is 0.0620. The third-order valence-electron chi connectivity index (χ3n) is 4.35. The van der Waals surface area contributed by atoms with Gasteiger partial charge in [0.1, 0.15) is 0 Å². The van der Waals surface area contributed by atoms with E-state index in [0.29, 0.717) is 12.5 Å². The number of aliphatic imine (C=N–C) groups is 1. The highest BCUT2D eigenvalue weighted by Gasteiger charge is 2.22. The fourth-order valence-corrected chi connectivity index (χ4v) is 3.00. The molecule has 1 aliphatic rings. The van der Waals surface area contributed by atoms with Crippen LogP contribution in [0.4, 0.5) is 0 Å². The number of hydrogen-bond donors (Lipinski definition) is 3. The molecule has 0 atom stereocenters. The molecule has 0 spiro atoms. The fraction of sp³-hybridized carbons (Fsp3) is 0.600. The maximum Gasteiger partial charge on any atom is 0.220 e. The lowest BCUT2D eigenvalue weighted by Crippen LogP contribution is -2.43. The lowest BCUT2D eigenvalue weighted by molar-refractivity contribution is -0.121. The highest BCUT2D eigenvalue weighted by atomic mass is 35.5. The van der Waals surface area contributed by atoms with Crippen LogP contribution >= 0.6 is 11.6 Å². The number of carbonyl (C=O) groups is 1. The zero-order valence-corrected chi connectivity index (χ0v) is 16.8. The van der Waals surface area contributed by atoms with Crippen molar-refractivity contribution in [3.8, 4) is 0 Å². The second-order valence-corrected chi connectivity index (χ2v) is 8.21. The van der Waals surface area contributed by atoms with Crippen LogP contribution in [0.1, 0.15) is 45.1 Å². The van der Waals surface area contributed by atoms with Crippen molar-refractivity contribution in [2.45, 2.75) is 52.0 Å². The van der Waals surface area contributed by atoms with E-state index in [9.17, 15) is 4.79 Å². The average molecular weight is 379 g/mol. The van der Waals surface area contributed by atoms with Crippen LogP contribution in [-0.2, 0) is 11.2 Å². The maximum absolute atomic E-state index is 11.7. The second-order valence-electron chi connectivity index (χ2n) is 7.77. The number of guanidine groups is 1. The third kappa shape index (κ3) is 8.09. The van der Waals surface area contributed by atoms with Gasteiger partial charge in [-0.25, -0.2) is 0 Å². The summed E-state index contributed by atoms with van der Waals surface area (Å²) in [5, 5.41) is 10.4. The number of halogens is 1. The van der Waals surface area contributed by atoms with Crippen LogP contribution in [-0.4, -0.2) is 38.0 Å². The van der Waals surface area contributed by atoms with Crippen molar-refractivity contribution >= 4 is 23.5 Å². The van der Waals surface area contributed by atoms with Crippen molar-refractivity contribution in [3.05, 3.63) is 34.9 Å². The highest BCUT2D eigenvalue weighted by Crippen LogP contribution is 2.22. The minimum absolute atomic E-state index is 0.0620. The molecule has 0 heterocycles. The second kappa shape index (κ2) is 9.81. The maximum atomic E-state index is 11.7. The van der Waals surface area contributed by atoms with E-state index in [1.807, 2.05) is 18.2 Å². The zero-order chi connectivity index (χ0) is 19.0. The van der Waals surface area contributed by atoms with Gasteiger partial charge in [-0.1, -0.05) is 37.6 Å². The first-order valence-corrected chi connectivity index (χ1v) is 9.74. The van der Waals surface area contributed by atoms with E-state index in [0.717, 1.165) is 49.8 Å². The molecule has 2 rings (SSSR count). The SMILES string of the molecule is CN=C(NCCCC(=O)NC1CC1)NCC(C)(C)Cc1cccc(Cl)c1. The van der Waals surface area contributed by atoms with Gasteiger partial charge >= 0.3 is 0 Å². The Morgan fingerprint density at radius 1 is 1.31 bits per heavy atom. The summed E-state index contributed by atoms with van der Waals surface area (Å²) in [5.74, 6) is 0.923. The standard InChI is InChI=1S/C20H31ClN4O/c1-20(2,13-15-6-4-7-16(21)12-15)14-24-19(22-3)23-11-5-8-18(26)25-17-9-10-17/h4,6-7,12,17H,5,8-11,13-14H2,1-3H3,(H,25,26)(H2,22,23,24). The number of nitrogens with one attached hydrogen (secondary N) is 3. The van der Waals surface area contributed by atoms with Gasteiger partial charge in [0.2, 0.25) is 5.91 Å². The largest absolute Gasteiger partial charge is 0.356 e. The molecule has 0 radical (unpaired) electrons. The quantitative estimate of drug-likeness (QED) is 0.351. The number of benzene rings is 1. The molecule has 6 heteroatoms. The number of amides is 1. The molecular weight excluding hydrogens is 348 g/mol. The summed E-state index contributed by atoms with van der Waals surface area (Å²) in [6.45, 7) is 5.96. The molecule has 0 bridgehead atoms. The zero-order valence-electron chi connectivity index (χ0n) is 16.1. The van der Waals surface area contributed by atoms with Gasteiger partial charge in [-0.05, 0) is 48.8 Å². The number of hydrogen-bond acceptors (Lipinski definition) is 2. The molecule has 0 aromatic heterocycles. The van der Waals surface area contributed by atoms with Crippen molar-refractivity contribution < 1.29 is 4.79 Å². The first kappa shape index (κ1) is 20.6. The van der Waals surface area contributed by atoms with E-state index in [4.69, 9.17) is 11.6 Å². The van der Waals surface area contributed by atoms with Gasteiger partial charge in [0.25, 0.3) is 0 Å². The molecule has 5 nitrogen and oxygen atoms in total. The van der Waals surface area contributed by atoms with Crippen LogP contribution in [0.25, 0.3) is 0 Å². The Hall–Kier alpha value is -1.75. The lowest BCUT2D eigenvalue weighted by atomic mass is 9.86. The van der Waals surface area contributed by atoms with Gasteiger partial charge in [0, 0.05) is 37.6 Å². The van der Waals surface area contributed by atoms with Crippen molar-refractivity contribution in [3.63, 3.8) is 0 Å². The predicted molar refractivity (Wildman–Crippen MR) is 109 cm³/mol. The van der Waals surface area contributed by atoms with Crippen LogP contribution in [0.2, 0.25) is 5.02 Å². The van der Waals surface area contributed by atoms with Gasteiger partial charge in [0.05, 0.1) is 0 Å². The van der Waals surface area contributed by atoms with Crippen molar-refractivity contribution in [2.24, 2.45) is 10.4 Å². The molecule has 1 fully saturated rings. The van der Waals surface area contributed by atoms with Gasteiger partial charge in [-0.15, -0.1) is 0 Å². The average Bonchev–Trinajstić information content (AvgIpc) is 3.37. The molecule has 26 heavy (non-hydrogen) atoms. The Morgan fingerprint density at radius 2 is 2.08 bits per heavy atom. The van der Waals surface area contributed by atoms with Gasteiger partial charge in [-0.2, -0.15) is 0 Å². The Kier molecular flexibility index (Phi) is 7.76. The molecule has 144 valence electrons. The van der Waals surface area contributed by atoms with Crippen LogP contribution in [0.3, 0.4) is 0 Å². The molecule has 1 saturated carbocycles. The Balaban J connectivity index is 1.67. The van der Waals surface area contributed by atoms with E-state index in [2.05, 4.69) is 40.9 Å². The first-order valence-electron chi connectivity index (χ1n) is 9.36. The van der Waals surface area contributed by atoms with Crippen LogP contribution in [0, 0.1) is 5.41 Å². The molecule has 3 N–H and O–H groups in total. The number of rotatable bonds is 9. The molecule has 0 aliphatic heterocycles. The summed E-state index contributed by atoms with van der Waals surface area (Å²) >= 11 is 6.07. The van der Waals surface area contributed by atoms with E-state index < -0.39 is 0 Å². The van der Waals surface area contributed by atoms with Crippen molar-refractivity contribution in [2.75, 3.05) is 20.1 Å². The number of carbonyl (C=O) groups excluding carboxylic acids is 1. The van der Waals surface area contributed by atoms with E-state index >= 15 is 0 Å². The molecule has 0 saturated heterocycles. The highest BCUT2D eigenvalue weighted by molar-refractivity contribution is 6.30. The van der Waals surface area contributed by atoms with Gasteiger partial charge < -0.3 is 16.0 Å². The topological polar surface area (TPSA) is 65.5 Å². The number of nitrogens with zero attached hydrogens (tertiary/aromatic N) is 1. The normalized spacial score (nSPS) is 14.8. The lowest BCUT2D eigenvalue weighted by Gasteiger charge is -2.26. The Bertz CT molecular complexity index is 626. The summed E-state index contributed by atoms with van der Waals surface area (Å²) in [4.78, 5) is 15.9. The first-order chi connectivity index (χ1) is 12.4. The van der Waals surface area contributed by atoms with E-state index in [-0.39, 0.29) is 11.3 Å². The van der Waals surface area contributed by atoms with Crippen LogP contribution < -0.4 is 16.0 Å². The predicted octanol–water partition coefficient (Wildman–Crippen LogP) is 3.13. The van der Waals surface area contributed by atoms with Crippen molar-refractivity contribution in [1.29, 1.82) is 0 Å². The summed E-state index contributed by atoms with van der Waals surface area (Å²) in [6.07, 6.45) is 4.54. The molecule has 1 aliphatic carbocycles. The van der Waals surface area contributed by atoms with Gasteiger partial charge in [-0.3, -0.25) is 9.79 Å². The van der Waals surface area contributed by atoms with Crippen LogP contribution in [0.5, 0.6) is 0 Å². The summed E-state index contributed by atoms with van der Waals surface area (Å²) in [6, 6.07) is 8.44. The van der Waals surface area contributed by atoms with E-state index in [1.54, 1.807) is 7.05 Å². The van der Waals surface area contributed by atoms with Crippen LogP contribution in [0.15, 0.2) is 29.3 Å². The minimum Gasteiger partial charge on any atom is -0.356 e. The summed E-state index contributed by atoms with van der Waals surface area (Å²) < 4.78 is 0. The molecule has 1 amide bonds. The van der Waals surface area contributed by atoms with E-state index in [1.165, 1.54) is 5.56 Å². The summed E-state index contributed by atoms with van der Waals surface area (Å²) in [7, 11) is 1.76. The third-order valence-corrected chi connectivity index (χ3v) is 4.58. The fourth-order valence-electron chi connectivity index (χ4n) is 2.79. The molecule has 1 aromatic rings. The monoisotopic (exact) mass is 378 g/mol. The molecule has 0 unspecified atom stereocenters. The van der Waals surface area contributed by atoms with Gasteiger partial charge in [0.15, 0.2) is 5.96 Å². The smallest absolute Gasteiger partial charge is 0.220 e. The molecular formula is C20H31ClN4O. The Morgan fingerprint density at radius 3 is 2.73 bits per heavy atom. The summed E-state index contributed by atoms with van der Waals surface area (Å²) in [5.41, 5.74) is 1.29. The molecule has 1 aromatic carbocycles. The Labute approximate surface area is 162 Å². The van der Waals surface area contributed by atoms with Crippen molar-refractivity contribution in [1.82, 2.24) is 16.0 Å².